The van der Waals surface area contributed by atoms with Gasteiger partial charge in [-0.2, -0.15) is 0 Å². The Bertz CT molecular complexity index is 385. The van der Waals surface area contributed by atoms with E-state index >= 15 is 0 Å². The van der Waals surface area contributed by atoms with Crippen LogP contribution >= 0.6 is 0 Å². The third-order valence-electron chi connectivity index (χ3n) is 3.48. The van der Waals surface area contributed by atoms with Crippen LogP contribution in [0.3, 0.4) is 0 Å². The van der Waals surface area contributed by atoms with E-state index in [1.165, 1.54) is 0 Å². The molecule has 0 radical (unpaired) electrons. The SMILES string of the molecule is C[C@@H]1C(=O)O[C@@]2(c3ccccc3)C[C@@H]12. The Balaban J connectivity index is 1.99. The third kappa shape index (κ3) is 0.834. The van der Waals surface area contributed by atoms with Crippen LogP contribution in [0.2, 0.25) is 0 Å². The quantitative estimate of drug-likeness (QED) is 0.631. The minimum Gasteiger partial charge on any atom is -0.454 e. The van der Waals surface area contributed by atoms with E-state index in [0.717, 1.165) is 12.0 Å². The molecule has 0 spiro atoms. The first kappa shape index (κ1) is 8.04. The van der Waals surface area contributed by atoms with Gasteiger partial charge >= 0.3 is 5.97 Å². The van der Waals surface area contributed by atoms with Gasteiger partial charge in [-0.1, -0.05) is 37.3 Å². The lowest BCUT2D eigenvalue weighted by molar-refractivity contribution is -0.148. The number of rotatable bonds is 1. The summed E-state index contributed by atoms with van der Waals surface area (Å²) in [5, 5.41) is 0. The first-order valence-corrected chi connectivity index (χ1v) is 5.02. The average Bonchev–Trinajstić information content (AvgIpc) is 2.88. The van der Waals surface area contributed by atoms with Crippen LogP contribution in [0.4, 0.5) is 0 Å². The second kappa shape index (κ2) is 2.38. The molecule has 2 aliphatic rings. The maximum absolute atomic E-state index is 11.4. The van der Waals surface area contributed by atoms with Crippen LogP contribution < -0.4 is 0 Å². The number of fused-ring (bicyclic) bond motifs is 1. The van der Waals surface area contributed by atoms with Crippen molar-refractivity contribution in [2.75, 3.05) is 0 Å². The molecule has 1 aromatic rings. The van der Waals surface area contributed by atoms with E-state index in [4.69, 9.17) is 4.74 Å². The molecule has 1 saturated heterocycles. The van der Waals surface area contributed by atoms with Gasteiger partial charge in [-0.25, -0.2) is 0 Å². The van der Waals surface area contributed by atoms with Crippen molar-refractivity contribution >= 4 is 5.97 Å². The first-order valence-electron chi connectivity index (χ1n) is 5.02. The molecule has 0 aromatic heterocycles. The van der Waals surface area contributed by atoms with Crippen molar-refractivity contribution in [1.82, 2.24) is 0 Å². The van der Waals surface area contributed by atoms with Crippen LogP contribution in [0.5, 0.6) is 0 Å². The highest BCUT2D eigenvalue weighted by atomic mass is 16.6. The molecule has 2 nitrogen and oxygen atoms in total. The molecular formula is C12H12O2. The molecule has 1 aliphatic heterocycles. The Hall–Kier alpha value is -1.31. The van der Waals surface area contributed by atoms with Gasteiger partial charge in [0, 0.05) is 5.92 Å². The van der Waals surface area contributed by atoms with Crippen LogP contribution in [0.15, 0.2) is 30.3 Å². The molecule has 2 heteroatoms. The molecular weight excluding hydrogens is 176 g/mol. The molecule has 1 heterocycles. The van der Waals surface area contributed by atoms with E-state index < -0.39 is 0 Å². The Morgan fingerprint density at radius 1 is 1.36 bits per heavy atom. The number of benzene rings is 1. The fourth-order valence-corrected chi connectivity index (χ4v) is 2.51. The lowest BCUT2D eigenvalue weighted by Gasteiger charge is -2.12. The second-order valence-electron chi connectivity index (χ2n) is 4.28. The van der Waals surface area contributed by atoms with Gasteiger partial charge in [-0.15, -0.1) is 0 Å². The Kier molecular flexibility index (Phi) is 1.37. The topological polar surface area (TPSA) is 26.3 Å². The lowest BCUT2D eigenvalue weighted by Crippen LogP contribution is -2.12. The highest BCUT2D eigenvalue weighted by Gasteiger charge is 2.67. The summed E-state index contributed by atoms with van der Waals surface area (Å²) < 4.78 is 5.48. The van der Waals surface area contributed by atoms with E-state index in [2.05, 4.69) is 0 Å². The number of ether oxygens (including phenoxy) is 1. The molecule has 0 amide bonds. The molecule has 1 saturated carbocycles. The molecule has 1 aromatic carbocycles. The fourth-order valence-electron chi connectivity index (χ4n) is 2.51. The van der Waals surface area contributed by atoms with Gasteiger partial charge in [0.25, 0.3) is 0 Å². The summed E-state index contributed by atoms with van der Waals surface area (Å²) in [5.41, 5.74) is 0.903. The Morgan fingerprint density at radius 2 is 2.07 bits per heavy atom. The zero-order valence-electron chi connectivity index (χ0n) is 8.07. The zero-order valence-corrected chi connectivity index (χ0v) is 8.07. The summed E-state index contributed by atoms with van der Waals surface area (Å²) in [4.78, 5) is 11.4. The molecule has 0 unspecified atom stereocenters. The molecule has 3 rings (SSSR count). The van der Waals surface area contributed by atoms with E-state index in [0.29, 0.717) is 5.92 Å². The summed E-state index contributed by atoms with van der Waals surface area (Å²) in [7, 11) is 0. The second-order valence-corrected chi connectivity index (χ2v) is 4.28. The lowest BCUT2D eigenvalue weighted by atomic mass is 10.0. The van der Waals surface area contributed by atoms with Crippen molar-refractivity contribution in [3.05, 3.63) is 35.9 Å². The Labute approximate surface area is 82.9 Å². The molecule has 0 bridgehead atoms. The minimum atomic E-state index is -0.252. The molecule has 72 valence electrons. The highest BCUT2D eigenvalue weighted by Crippen LogP contribution is 2.63. The number of carbonyl (C=O) groups is 1. The van der Waals surface area contributed by atoms with Crippen LogP contribution in [-0.2, 0) is 15.1 Å². The highest BCUT2D eigenvalue weighted by molar-refractivity contribution is 5.78. The smallest absolute Gasteiger partial charge is 0.310 e. The molecule has 1 aliphatic carbocycles. The number of hydrogen-bond acceptors (Lipinski definition) is 2. The summed E-state index contributed by atoms with van der Waals surface area (Å²) in [5.74, 6) is 0.456. The van der Waals surface area contributed by atoms with Gasteiger partial charge < -0.3 is 4.74 Å². The molecule has 14 heavy (non-hydrogen) atoms. The van der Waals surface area contributed by atoms with Crippen molar-refractivity contribution in [2.24, 2.45) is 11.8 Å². The standard InChI is InChI=1S/C12H12O2/c1-8-10-7-12(10,14-11(8)13)9-5-3-2-4-6-9/h2-6,8,10H,7H2,1H3/t8-,10-,12+/m0/s1. The van der Waals surface area contributed by atoms with Gasteiger partial charge in [-0.3, -0.25) is 4.79 Å². The van der Waals surface area contributed by atoms with E-state index in [9.17, 15) is 4.79 Å². The van der Waals surface area contributed by atoms with Crippen LogP contribution in [0.25, 0.3) is 0 Å². The van der Waals surface area contributed by atoms with Gasteiger partial charge in [0.05, 0.1) is 5.92 Å². The summed E-state index contributed by atoms with van der Waals surface area (Å²) in [6.07, 6.45) is 1.00. The summed E-state index contributed by atoms with van der Waals surface area (Å²) in [6, 6.07) is 10.1. The molecule has 3 atom stereocenters. The summed E-state index contributed by atoms with van der Waals surface area (Å²) >= 11 is 0. The van der Waals surface area contributed by atoms with Gasteiger partial charge in [0.2, 0.25) is 0 Å². The van der Waals surface area contributed by atoms with Crippen molar-refractivity contribution in [3.63, 3.8) is 0 Å². The predicted octanol–water partition coefficient (Wildman–Crippen LogP) is 2.09. The maximum atomic E-state index is 11.4. The summed E-state index contributed by atoms with van der Waals surface area (Å²) in [6.45, 7) is 1.96. The van der Waals surface area contributed by atoms with Crippen LogP contribution in [0.1, 0.15) is 18.9 Å². The third-order valence-corrected chi connectivity index (χ3v) is 3.48. The van der Waals surface area contributed by atoms with Crippen molar-refractivity contribution < 1.29 is 9.53 Å². The Morgan fingerprint density at radius 3 is 2.64 bits per heavy atom. The minimum absolute atomic E-state index is 0.0369. The zero-order chi connectivity index (χ0) is 9.76. The van der Waals surface area contributed by atoms with Crippen LogP contribution in [-0.4, -0.2) is 5.97 Å². The predicted molar refractivity (Wildman–Crippen MR) is 51.5 cm³/mol. The molecule has 0 N–H and O–H groups in total. The number of hydrogen-bond donors (Lipinski definition) is 0. The fraction of sp³-hybridized carbons (Fsp3) is 0.417. The first-order chi connectivity index (χ1) is 6.74. The monoisotopic (exact) mass is 188 g/mol. The maximum Gasteiger partial charge on any atom is 0.310 e. The van der Waals surface area contributed by atoms with Gasteiger partial charge in [0.15, 0.2) is 0 Å². The van der Waals surface area contributed by atoms with Gasteiger partial charge in [-0.05, 0) is 12.0 Å². The average molecular weight is 188 g/mol. The van der Waals surface area contributed by atoms with Crippen LogP contribution in [0, 0.1) is 11.8 Å². The van der Waals surface area contributed by atoms with Crippen molar-refractivity contribution in [1.29, 1.82) is 0 Å². The normalized spacial score (nSPS) is 39.1. The number of carbonyl (C=O) groups excluding carboxylic acids is 1. The van der Waals surface area contributed by atoms with E-state index in [1.807, 2.05) is 37.3 Å². The van der Waals surface area contributed by atoms with E-state index in [-0.39, 0.29) is 17.5 Å². The number of esters is 1. The molecule has 2 fully saturated rings. The largest absolute Gasteiger partial charge is 0.454 e. The van der Waals surface area contributed by atoms with Gasteiger partial charge in [0.1, 0.15) is 5.60 Å². The van der Waals surface area contributed by atoms with Crippen molar-refractivity contribution in [2.45, 2.75) is 18.9 Å². The van der Waals surface area contributed by atoms with E-state index in [1.54, 1.807) is 0 Å². The van der Waals surface area contributed by atoms with Crippen molar-refractivity contribution in [3.8, 4) is 0 Å².